The van der Waals surface area contributed by atoms with Gasteiger partial charge in [-0.15, -0.1) is 0 Å². The molecule has 3 aromatic rings. The fourth-order valence-corrected chi connectivity index (χ4v) is 2.77. The third-order valence-electron chi connectivity index (χ3n) is 4.37. The third kappa shape index (κ3) is 5.48. The predicted molar refractivity (Wildman–Crippen MR) is 115 cm³/mol. The Balaban J connectivity index is 1.78. The van der Waals surface area contributed by atoms with Crippen LogP contribution in [0.25, 0.3) is 17.4 Å². The molecule has 1 aromatic heterocycles. The molecule has 0 aliphatic heterocycles. The van der Waals surface area contributed by atoms with Crippen molar-refractivity contribution in [1.82, 2.24) is 0 Å². The summed E-state index contributed by atoms with van der Waals surface area (Å²) in [5.74, 6) is -1.71. The van der Waals surface area contributed by atoms with E-state index in [4.69, 9.17) is 9.15 Å². The molecule has 10 heteroatoms. The molecule has 0 bridgehead atoms. The average molecular weight is 449 g/mol. The molecule has 0 aliphatic carbocycles. The van der Waals surface area contributed by atoms with E-state index in [1.807, 2.05) is 0 Å². The number of nitro groups is 1. The number of rotatable bonds is 7. The van der Waals surface area contributed by atoms with Crippen molar-refractivity contribution in [3.05, 3.63) is 87.4 Å². The van der Waals surface area contributed by atoms with Crippen LogP contribution >= 0.6 is 0 Å². The highest BCUT2D eigenvalue weighted by atomic mass is 19.1. The zero-order valence-corrected chi connectivity index (χ0v) is 17.2. The van der Waals surface area contributed by atoms with Crippen LogP contribution in [0.2, 0.25) is 0 Å². The zero-order valence-electron chi connectivity index (χ0n) is 17.2. The van der Waals surface area contributed by atoms with Gasteiger partial charge in [0.25, 0.3) is 11.6 Å². The Labute approximate surface area is 186 Å². The molecule has 0 aliphatic rings. The van der Waals surface area contributed by atoms with Gasteiger partial charge in [-0.2, -0.15) is 5.26 Å². The maximum atomic E-state index is 13.9. The molecule has 2 aromatic carbocycles. The van der Waals surface area contributed by atoms with E-state index in [9.17, 15) is 29.4 Å². The van der Waals surface area contributed by atoms with E-state index in [0.717, 1.165) is 24.3 Å². The molecule has 1 amide bonds. The van der Waals surface area contributed by atoms with Crippen molar-refractivity contribution in [3.63, 3.8) is 0 Å². The SMILES string of the molecule is CCOC(=O)c1ccc(-c2ccc(/C=C(\C#N)C(=O)Nc3cc([N+](=O)[O-])ccc3F)o2)cc1. The lowest BCUT2D eigenvalue weighted by molar-refractivity contribution is -0.384. The summed E-state index contributed by atoms with van der Waals surface area (Å²) in [6.45, 7) is 1.97. The number of nitrogens with one attached hydrogen (secondary N) is 1. The van der Waals surface area contributed by atoms with E-state index in [1.165, 1.54) is 6.07 Å². The van der Waals surface area contributed by atoms with Crippen molar-refractivity contribution >= 4 is 29.3 Å². The Morgan fingerprint density at radius 2 is 1.94 bits per heavy atom. The summed E-state index contributed by atoms with van der Waals surface area (Å²) in [4.78, 5) is 34.2. The summed E-state index contributed by atoms with van der Waals surface area (Å²) in [6, 6.07) is 13.9. The number of halogens is 1. The molecule has 33 heavy (non-hydrogen) atoms. The van der Waals surface area contributed by atoms with Gasteiger partial charge in [0.05, 0.1) is 22.8 Å². The summed E-state index contributed by atoms with van der Waals surface area (Å²) in [6.07, 6.45) is 1.15. The number of nitro benzene ring substituents is 1. The number of amides is 1. The van der Waals surface area contributed by atoms with Gasteiger partial charge in [0, 0.05) is 23.8 Å². The number of esters is 1. The van der Waals surface area contributed by atoms with Crippen LogP contribution in [0.1, 0.15) is 23.0 Å². The molecule has 166 valence electrons. The lowest BCUT2D eigenvalue weighted by Crippen LogP contribution is -2.14. The van der Waals surface area contributed by atoms with Crippen LogP contribution in [0.15, 0.2) is 64.6 Å². The fraction of sp³-hybridized carbons (Fsp3) is 0.0870. The van der Waals surface area contributed by atoms with Gasteiger partial charge in [-0.1, -0.05) is 12.1 Å². The first-order chi connectivity index (χ1) is 15.8. The van der Waals surface area contributed by atoms with Crippen LogP contribution in [-0.4, -0.2) is 23.4 Å². The molecule has 1 N–H and O–H groups in total. The van der Waals surface area contributed by atoms with E-state index in [1.54, 1.807) is 43.3 Å². The molecule has 0 atom stereocenters. The number of non-ortho nitro benzene ring substituents is 1. The predicted octanol–water partition coefficient (Wildman–Crippen LogP) is 4.72. The molecule has 0 saturated carbocycles. The topological polar surface area (TPSA) is 135 Å². The summed E-state index contributed by atoms with van der Waals surface area (Å²) >= 11 is 0. The van der Waals surface area contributed by atoms with Crippen molar-refractivity contribution in [2.24, 2.45) is 0 Å². The van der Waals surface area contributed by atoms with Crippen LogP contribution in [-0.2, 0) is 9.53 Å². The number of hydrogen-bond donors (Lipinski definition) is 1. The molecule has 9 nitrogen and oxygen atoms in total. The molecule has 0 radical (unpaired) electrons. The number of ether oxygens (including phenoxy) is 1. The number of nitriles is 1. The second-order valence-corrected chi connectivity index (χ2v) is 6.55. The lowest BCUT2D eigenvalue weighted by atomic mass is 10.1. The quantitative estimate of drug-likeness (QED) is 0.181. The Kier molecular flexibility index (Phi) is 6.95. The molecule has 3 rings (SSSR count). The van der Waals surface area contributed by atoms with Crippen molar-refractivity contribution in [2.45, 2.75) is 6.92 Å². The minimum absolute atomic E-state index is 0.172. The van der Waals surface area contributed by atoms with Gasteiger partial charge in [0.2, 0.25) is 0 Å². The highest BCUT2D eigenvalue weighted by Crippen LogP contribution is 2.25. The molecule has 1 heterocycles. The van der Waals surface area contributed by atoms with Gasteiger partial charge in [-0.05, 0) is 37.3 Å². The average Bonchev–Trinajstić information content (AvgIpc) is 3.27. The number of carbonyl (C=O) groups is 2. The van der Waals surface area contributed by atoms with Gasteiger partial charge in [-0.25, -0.2) is 9.18 Å². The highest BCUT2D eigenvalue weighted by molar-refractivity contribution is 6.09. The first kappa shape index (κ1) is 22.9. The van der Waals surface area contributed by atoms with Crippen molar-refractivity contribution in [2.75, 3.05) is 11.9 Å². The first-order valence-electron chi connectivity index (χ1n) is 9.57. The fourth-order valence-electron chi connectivity index (χ4n) is 2.77. The molecule has 0 unspecified atom stereocenters. The Morgan fingerprint density at radius 3 is 2.58 bits per heavy atom. The van der Waals surface area contributed by atoms with Gasteiger partial charge < -0.3 is 14.5 Å². The molecule has 0 spiro atoms. The molecular formula is C23H16FN3O6. The monoisotopic (exact) mass is 449 g/mol. The van der Waals surface area contributed by atoms with E-state index in [-0.39, 0.29) is 12.4 Å². The summed E-state index contributed by atoms with van der Waals surface area (Å²) in [5.41, 5.74) is -0.233. The third-order valence-corrected chi connectivity index (χ3v) is 4.37. The maximum absolute atomic E-state index is 13.9. The summed E-state index contributed by atoms with van der Waals surface area (Å²) in [7, 11) is 0. The molecular weight excluding hydrogens is 433 g/mol. The summed E-state index contributed by atoms with van der Waals surface area (Å²) in [5, 5.41) is 22.3. The number of anilines is 1. The van der Waals surface area contributed by atoms with Crippen molar-refractivity contribution in [3.8, 4) is 17.4 Å². The van der Waals surface area contributed by atoms with Crippen molar-refractivity contribution in [1.29, 1.82) is 5.26 Å². The number of benzene rings is 2. The van der Waals surface area contributed by atoms with Crippen LogP contribution in [0, 0.1) is 27.3 Å². The van der Waals surface area contributed by atoms with E-state index < -0.39 is 39.6 Å². The van der Waals surface area contributed by atoms with Crippen LogP contribution in [0.5, 0.6) is 0 Å². The Hall–Kier alpha value is -4.78. The minimum atomic E-state index is -0.964. The maximum Gasteiger partial charge on any atom is 0.338 e. The van der Waals surface area contributed by atoms with Gasteiger partial charge in [-0.3, -0.25) is 14.9 Å². The van der Waals surface area contributed by atoms with Crippen LogP contribution in [0.3, 0.4) is 0 Å². The van der Waals surface area contributed by atoms with Gasteiger partial charge in [0.15, 0.2) is 0 Å². The number of nitrogens with zero attached hydrogens (tertiary/aromatic N) is 2. The van der Waals surface area contributed by atoms with E-state index in [0.29, 0.717) is 16.9 Å². The van der Waals surface area contributed by atoms with Gasteiger partial charge >= 0.3 is 5.97 Å². The van der Waals surface area contributed by atoms with E-state index in [2.05, 4.69) is 5.32 Å². The number of carbonyl (C=O) groups excluding carboxylic acids is 2. The van der Waals surface area contributed by atoms with Crippen molar-refractivity contribution < 1.29 is 28.1 Å². The standard InChI is InChI=1S/C23H16FN3O6/c1-2-32-23(29)15-5-3-14(4-6-15)21-10-8-18(33-21)11-16(13-25)22(28)26-20-12-17(27(30)31)7-9-19(20)24/h3-12H,2H2,1H3,(H,26,28)/b16-11+. The van der Waals surface area contributed by atoms with Gasteiger partial charge in [0.1, 0.15) is 29.0 Å². The Morgan fingerprint density at radius 1 is 1.21 bits per heavy atom. The normalized spacial score (nSPS) is 10.9. The van der Waals surface area contributed by atoms with Crippen LogP contribution < -0.4 is 5.32 Å². The first-order valence-corrected chi connectivity index (χ1v) is 9.57. The number of hydrogen-bond acceptors (Lipinski definition) is 7. The smallest absolute Gasteiger partial charge is 0.338 e. The number of furan rings is 1. The minimum Gasteiger partial charge on any atom is -0.462 e. The Bertz CT molecular complexity index is 1290. The lowest BCUT2D eigenvalue weighted by Gasteiger charge is -2.05. The van der Waals surface area contributed by atoms with E-state index >= 15 is 0 Å². The second kappa shape index (κ2) is 10.0. The highest BCUT2D eigenvalue weighted by Gasteiger charge is 2.17. The van der Waals surface area contributed by atoms with Crippen LogP contribution in [0.4, 0.5) is 15.8 Å². The zero-order chi connectivity index (χ0) is 24.0. The largest absolute Gasteiger partial charge is 0.462 e. The molecule has 0 saturated heterocycles. The second-order valence-electron chi connectivity index (χ2n) is 6.55. The molecule has 0 fully saturated rings. The summed E-state index contributed by atoms with van der Waals surface area (Å²) < 4.78 is 24.5.